The van der Waals surface area contributed by atoms with Gasteiger partial charge in [-0.05, 0) is 6.07 Å². The maximum atomic E-state index is 11.5. The summed E-state index contributed by atoms with van der Waals surface area (Å²) in [6.07, 6.45) is 3.47. The lowest BCUT2D eigenvalue weighted by Crippen LogP contribution is -2.50. The summed E-state index contributed by atoms with van der Waals surface area (Å²) in [7, 11) is 0. The second kappa shape index (κ2) is 7.01. The number of nitrogens with one attached hydrogen (secondary N) is 1. The van der Waals surface area contributed by atoms with Crippen LogP contribution in [-0.2, 0) is 4.79 Å². The van der Waals surface area contributed by atoms with Gasteiger partial charge in [-0.1, -0.05) is 0 Å². The third kappa shape index (κ3) is 4.15. The number of aliphatic hydroxyl groups is 1. The molecule has 0 spiro atoms. The van der Waals surface area contributed by atoms with Gasteiger partial charge in [0.05, 0.1) is 13.2 Å². The number of aliphatic hydroxyl groups excluding tert-OH is 1. The van der Waals surface area contributed by atoms with Crippen molar-refractivity contribution in [3.05, 3.63) is 18.5 Å². The third-order valence-corrected chi connectivity index (χ3v) is 3.01. The minimum absolute atomic E-state index is 0.0230. The fourth-order valence-corrected chi connectivity index (χ4v) is 2.01. The Morgan fingerprint density at radius 2 is 1.95 bits per heavy atom. The quantitative estimate of drug-likeness (QED) is 0.689. The molecule has 0 radical (unpaired) electrons. The minimum Gasteiger partial charge on any atom is -0.395 e. The lowest BCUT2D eigenvalue weighted by Gasteiger charge is -2.34. The van der Waals surface area contributed by atoms with Gasteiger partial charge in [0.1, 0.15) is 0 Å². The SMILES string of the molecule is O=C(CN1CCN(c2ncccn2)CC1)NCCO. The van der Waals surface area contributed by atoms with Crippen molar-refractivity contribution in [2.24, 2.45) is 0 Å². The first-order valence-corrected chi connectivity index (χ1v) is 6.41. The smallest absolute Gasteiger partial charge is 0.234 e. The predicted octanol–water partition coefficient (Wildman–Crippen LogP) is -1.29. The summed E-state index contributed by atoms with van der Waals surface area (Å²) in [5, 5.41) is 11.3. The number of carbonyl (C=O) groups is 1. The van der Waals surface area contributed by atoms with Crippen LogP contribution in [0.1, 0.15) is 0 Å². The van der Waals surface area contributed by atoms with Crippen molar-refractivity contribution >= 4 is 11.9 Å². The minimum atomic E-state index is -0.0431. The molecule has 1 amide bonds. The summed E-state index contributed by atoms with van der Waals surface area (Å²) in [6, 6.07) is 1.80. The molecule has 0 unspecified atom stereocenters. The van der Waals surface area contributed by atoms with E-state index in [0.717, 1.165) is 32.1 Å². The van der Waals surface area contributed by atoms with Crippen molar-refractivity contribution in [1.82, 2.24) is 20.2 Å². The number of aromatic nitrogens is 2. The van der Waals surface area contributed by atoms with E-state index in [2.05, 4.69) is 25.1 Å². The Hall–Kier alpha value is -1.73. The first-order chi connectivity index (χ1) is 9.29. The van der Waals surface area contributed by atoms with Crippen LogP contribution in [0.2, 0.25) is 0 Å². The highest BCUT2D eigenvalue weighted by atomic mass is 16.3. The monoisotopic (exact) mass is 265 g/mol. The molecule has 104 valence electrons. The maximum absolute atomic E-state index is 11.5. The number of amides is 1. The third-order valence-electron chi connectivity index (χ3n) is 3.01. The predicted molar refractivity (Wildman–Crippen MR) is 70.8 cm³/mol. The molecule has 1 aromatic heterocycles. The molecular weight excluding hydrogens is 246 g/mol. The second-order valence-electron chi connectivity index (χ2n) is 4.39. The van der Waals surface area contributed by atoms with Crippen LogP contribution < -0.4 is 10.2 Å². The Balaban J connectivity index is 1.75. The van der Waals surface area contributed by atoms with E-state index in [1.807, 2.05) is 0 Å². The topological polar surface area (TPSA) is 81.6 Å². The highest BCUT2D eigenvalue weighted by Gasteiger charge is 2.20. The van der Waals surface area contributed by atoms with Gasteiger partial charge in [0, 0.05) is 45.1 Å². The average Bonchev–Trinajstić information content (AvgIpc) is 2.47. The summed E-state index contributed by atoms with van der Waals surface area (Å²) >= 11 is 0. The van der Waals surface area contributed by atoms with Crippen LogP contribution in [0, 0.1) is 0 Å². The molecule has 0 aliphatic carbocycles. The van der Waals surface area contributed by atoms with Gasteiger partial charge in [0.25, 0.3) is 0 Å². The fraction of sp³-hybridized carbons (Fsp3) is 0.583. The number of carbonyl (C=O) groups excluding carboxylic acids is 1. The van der Waals surface area contributed by atoms with Gasteiger partial charge < -0.3 is 15.3 Å². The molecule has 7 heteroatoms. The fourth-order valence-electron chi connectivity index (χ4n) is 2.01. The zero-order valence-corrected chi connectivity index (χ0v) is 10.8. The number of nitrogens with zero attached hydrogens (tertiary/aromatic N) is 4. The van der Waals surface area contributed by atoms with Crippen molar-refractivity contribution in [1.29, 1.82) is 0 Å². The van der Waals surface area contributed by atoms with Crippen LogP contribution >= 0.6 is 0 Å². The lowest BCUT2D eigenvalue weighted by atomic mass is 10.3. The number of hydrogen-bond acceptors (Lipinski definition) is 6. The zero-order chi connectivity index (χ0) is 13.5. The van der Waals surface area contributed by atoms with Crippen LogP contribution in [-0.4, -0.2) is 71.8 Å². The van der Waals surface area contributed by atoms with Gasteiger partial charge in [-0.2, -0.15) is 0 Å². The lowest BCUT2D eigenvalue weighted by molar-refractivity contribution is -0.122. The summed E-state index contributed by atoms with van der Waals surface area (Å²) in [4.78, 5) is 24.2. The van der Waals surface area contributed by atoms with E-state index in [1.54, 1.807) is 18.5 Å². The molecule has 1 aliphatic heterocycles. The molecule has 0 aromatic carbocycles. The van der Waals surface area contributed by atoms with E-state index in [1.165, 1.54) is 0 Å². The van der Waals surface area contributed by atoms with Crippen molar-refractivity contribution in [2.75, 3.05) is 50.8 Å². The van der Waals surface area contributed by atoms with Gasteiger partial charge >= 0.3 is 0 Å². The first kappa shape index (κ1) is 13.7. The Morgan fingerprint density at radius 1 is 1.26 bits per heavy atom. The van der Waals surface area contributed by atoms with Gasteiger partial charge in [-0.25, -0.2) is 9.97 Å². The molecular formula is C12H19N5O2. The zero-order valence-electron chi connectivity index (χ0n) is 10.8. The Morgan fingerprint density at radius 3 is 2.58 bits per heavy atom. The molecule has 0 atom stereocenters. The molecule has 2 heterocycles. The second-order valence-corrected chi connectivity index (χ2v) is 4.39. The summed E-state index contributed by atoms with van der Waals surface area (Å²) in [5.74, 6) is 0.699. The highest BCUT2D eigenvalue weighted by Crippen LogP contribution is 2.09. The van der Waals surface area contributed by atoms with Crippen molar-refractivity contribution in [3.8, 4) is 0 Å². The Kier molecular flexibility index (Phi) is 5.05. The summed E-state index contributed by atoms with van der Waals surface area (Å²) in [6.45, 7) is 3.93. The van der Waals surface area contributed by atoms with E-state index in [9.17, 15) is 4.79 Å². The van der Waals surface area contributed by atoms with Crippen molar-refractivity contribution in [3.63, 3.8) is 0 Å². The molecule has 2 N–H and O–H groups in total. The van der Waals surface area contributed by atoms with Crippen LogP contribution in [0.25, 0.3) is 0 Å². The van der Waals surface area contributed by atoms with Gasteiger partial charge in [-0.3, -0.25) is 9.69 Å². The molecule has 2 rings (SSSR count). The van der Waals surface area contributed by atoms with E-state index in [0.29, 0.717) is 13.1 Å². The summed E-state index contributed by atoms with van der Waals surface area (Å²) in [5.41, 5.74) is 0. The van der Waals surface area contributed by atoms with Crippen LogP contribution in [0.3, 0.4) is 0 Å². The molecule has 1 aliphatic rings. The van der Waals surface area contributed by atoms with Crippen molar-refractivity contribution in [2.45, 2.75) is 0 Å². The number of anilines is 1. The van der Waals surface area contributed by atoms with E-state index in [4.69, 9.17) is 5.11 Å². The molecule has 7 nitrogen and oxygen atoms in total. The molecule has 1 saturated heterocycles. The summed E-state index contributed by atoms with van der Waals surface area (Å²) < 4.78 is 0. The standard InChI is InChI=1S/C12H19N5O2/c18-9-4-13-11(19)10-16-5-7-17(8-6-16)12-14-2-1-3-15-12/h1-3,18H,4-10H2,(H,13,19). The van der Waals surface area contributed by atoms with Gasteiger partial charge in [0.2, 0.25) is 11.9 Å². The largest absolute Gasteiger partial charge is 0.395 e. The van der Waals surface area contributed by atoms with E-state index >= 15 is 0 Å². The average molecular weight is 265 g/mol. The molecule has 1 fully saturated rings. The molecule has 19 heavy (non-hydrogen) atoms. The molecule has 0 bridgehead atoms. The number of hydrogen-bond donors (Lipinski definition) is 2. The van der Waals surface area contributed by atoms with Crippen LogP contribution in [0.15, 0.2) is 18.5 Å². The Bertz CT molecular complexity index is 392. The number of rotatable bonds is 5. The molecule has 1 aromatic rings. The normalized spacial score (nSPS) is 16.4. The van der Waals surface area contributed by atoms with Crippen LogP contribution in [0.5, 0.6) is 0 Å². The van der Waals surface area contributed by atoms with Gasteiger partial charge in [0.15, 0.2) is 0 Å². The number of piperazine rings is 1. The van der Waals surface area contributed by atoms with Crippen molar-refractivity contribution < 1.29 is 9.90 Å². The van der Waals surface area contributed by atoms with Gasteiger partial charge in [-0.15, -0.1) is 0 Å². The highest BCUT2D eigenvalue weighted by molar-refractivity contribution is 5.78. The van der Waals surface area contributed by atoms with E-state index in [-0.39, 0.29) is 12.5 Å². The van der Waals surface area contributed by atoms with Crippen LogP contribution in [0.4, 0.5) is 5.95 Å². The van der Waals surface area contributed by atoms with E-state index < -0.39 is 0 Å². The first-order valence-electron chi connectivity index (χ1n) is 6.41. The molecule has 0 saturated carbocycles. The maximum Gasteiger partial charge on any atom is 0.234 e. The Labute approximate surface area is 112 Å².